The van der Waals surface area contributed by atoms with Crippen molar-refractivity contribution in [2.75, 3.05) is 6.79 Å². The van der Waals surface area contributed by atoms with Crippen LogP contribution in [0.5, 0.6) is 11.5 Å². The topological polar surface area (TPSA) is 47.6 Å². The van der Waals surface area contributed by atoms with Crippen molar-refractivity contribution in [1.29, 1.82) is 0 Å². The highest BCUT2D eigenvalue weighted by atomic mass is 16.7. The minimum atomic E-state index is 0.141. The van der Waals surface area contributed by atoms with E-state index in [1.54, 1.807) is 0 Å². The van der Waals surface area contributed by atoms with Crippen LogP contribution >= 0.6 is 0 Å². The highest BCUT2D eigenvalue weighted by Gasteiger charge is 2.13. The molecule has 1 aromatic rings. The fraction of sp³-hybridized carbons (Fsp3) is 0.731. The number of hydrogen-bond donors (Lipinski definition) is 1. The predicted molar refractivity (Wildman–Crippen MR) is 124 cm³/mol. The van der Waals surface area contributed by atoms with Gasteiger partial charge in [0.1, 0.15) is 0 Å². The minimum absolute atomic E-state index is 0.141. The molecule has 0 fully saturated rings. The van der Waals surface area contributed by atoms with Gasteiger partial charge in [-0.2, -0.15) is 0 Å². The highest BCUT2D eigenvalue weighted by Crippen LogP contribution is 2.32. The Kier molecular flexibility index (Phi) is 13.1. The third-order valence-electron chi connectivity index (χ3n) is 5.93. The number of carbonyl (C=O) groups is 1. The average Bonchev–Trinajstić information content (AvgIpc) is 3.23. The van der Waals surface area contributed by atoms with Crippen LogP contribution in [0.3, 0.4) is 0 Å². The second-order valence-corrected chi connectivity index (χ2v) is 8.66. The van der Waals surface area contributed by atoms with Crippen molar-refractivity contribution in [2.24, 2.45) is 0 Å². The van der Waals surface area contributed by atoms with Crippen molar-refractivity contribution in [3.63, 3.8) is 0 Å². The van der Waals surface area contributed by atoms with Crippen LogP contribution in [0.1, 0.15) is 115 Å². The average molecular weight is 418 g/mol. The van der Waals surface area contributed by atoms with Crippen LogP contribution < -0.4 is 14.8 Å². The molecule has 170 valence electrons. The normalized spacial score (nSPS) is 12.3. The molecule has 0 saturated carbocycles. The van der Waals surface area contributed by atoms with E-state index in [2.05, 4.69) is 12.2 Å². The van der Waals surface area contributed by atoms with Crippen molar-refractivity contribution < 1.29 is 14.3 Å². The maximum atomic E-state index is 12.0. The molecule has 0 aliphatic carbocycles. The van der Waals surface area contributed by atoms with E-state index >= 15 is 0 Å². The molecule has 0 saturated heterocycles. The number of rotatable bonds is 18. The van der Waals surface area contributed by atoms with Gasteiger partial charge in [0.15, 0.2) is 11.5 Å². The Labute approximate surface area is 184 Å². The zero-order valence-electron chi connectivity index (χ0n) is 19.2. The van der Waals surface area contributed by atoms with E-state index in [4.69, 9.17) is 9.47 Å². The Hall–Kier alpha value is -1.71. The summed E-state index contributed by atoms with van der Waals surface area (Å²) in [5.74, 6) is 1.69. The van der Waals surface area contributed by atoms with Crippen LogP contribution in [0.4, 0.5) is 0 Å². The van der Waals surface area contributed by atoms with Crippen LogP contribution in [0.15, 0.2) is 18.2 Å². The van der Waals surface area contributed by atoms with Crippen molar-refractivity contribution >= 4 is 5.91 Å². The lowest BCUT2D eigenvalue weighted by Crippen LogP contribution is -2.22. The molecule has 0 spiro atoms. The molecule has 1 amide bonds. The molecule has 30 heavy (non-hydrogen) atoms. The summed E-state index contributed by atoms with van der Waals surface area (Å²) in [5, 5.41) is 3.00. The van der Waals surface area contributed by atoms with Crippen molar-refractivity contribution in [3.05, 3.63) is 23.8 Å². The predicted octanol–water partition coefficient (Wildman–Crippen LogP) is 7.29. The summed E-state index contributed by atoms with van der Waals surface area (Å²) in [6.07, 6.45) is 20.8. The Morgan fingerprint density at radius 3 is 1.90 bits per heavy atom. The molecule has 0 aromatic heterocycles. The lowest BCUT2D eigenvalue weighted by Gasteiger charge is -2.06. The highest BCUT2D eigenvalue weighted by molar-refractivity contribution is 5.75. The van der Waals surface area contributed by atoms with Gasteiger partial charge in [-0.1, -0.05) is 103 Å². The number of ether oxygens (including phenoxy) is 2. The molecule has 0 bridgehead atoms. The van der Waals surface area contributed by atoms with E-state index in [1.807, 2.05) is 18.2 Å². The maximum absolute atomic E-state index is 12.0. The lowest BCUT2D eigenvalue weighted by atomic mass is 10.0. The lowest BCUT2D eigenvalue weighted by molar-refractivity contribution is -0.121. The molecule has 1 heterocycles. The van der Waals surface area contributed by atoms with Crippen LogP contribution in [-0.4, -0.2) is 12.7 Å². The zero-order valence-corrected chi connectivity index (χ0v) is 19.2. The van der Waals surface area contributed by atoms with Crippen LogP contribution in [0.2, 0.25) is 0 Å². The summed E-state index contributed by atoms with van der Waals surface area (Å²) in [5.41, 5.74) is 1.05. The second-order valence-electron chi connectivity index (χ2n) is 8.66. The van der Waals surface area contributed by atoms with E-state index in [-0.39, 0.29) is 12.7 Å². The molecule has 1 aliphatic heterocycles. The molecule has 1 aliphatic rings. The second kappa shape index (κ2) is 16.0. The summed E-state index contributed by atoms with van der Waals surface area (Å²) in [7, 11) is 0. The SMILES string of the molecule is CCCCCCCCCCCCCCCCCC(=O)NCc1ccc2c(c1)OCO2. The fourth-order valence-corrected chi connectivity index (χ4v) is 4.00. The summed E-state index contributed by atoms with van der Waals surface area (Å²) in [6, 6.07) is 5.82. The molecule has 4 heteroatoms. The Bertz CT molecular complexity index is 588. The zero-order chi connectivity index (χ0) is 21.3. The van der Waals surface area contributed by atoms with Crippen LogP contribution in [0, 0.1) is 0 Å². The molecule has 1 aromatic carbocycles. The largest absolute Gasteiger partial charge is 0.454 e. The summed E-state index contributed by atoms with van der Waals surface area (Å²) >= 11 is 0. The first-order valence-electron chi connectivity index (χ1n) is 12.4. The number of unbranched alkanes of at least 4 members (excludes halogenated alkanes) is 14. The monoisotopic (exact) mass is 417 g/mol. The molecule has 0 atom stereocenters. The van der Waals surface area contributed by atoms with Gasteiger partial charge < -0.3 is 14.8 Å². The smallest absolute Gasteiger partial charge is 0.231 e. The Morgan fingerprint density at radius 1 is 0.767 bits per heavy atom. The molecule has 0 unspecified atom stereocenters. The van der Waals surface area contributed by atoms with Crippen molar-refractivity contribution in [3.8, 4) is 11.5 Å². The molecule has 0 radical (unpaired) electrons. The number of hydrogen-bond acceptors (Lipinski definition) is 3. The third kappa shape index (κ3) is 10.9. The number of benzene rings is 1. The molecule has 1 N–H and O–H groups in total. The van der Waals surface area contributed by atoms with E-state index in [1.165, 1.54) is 83.5 Å². The van der Waals surface area contributed by atoms with Gasteiger partial charge in [0.2, 0.25) is 12.7 Å². The molecular weight excluding hydrogens is 374 g/mol. The minimum Gasteiger partial charge on any atom is -0.454 e. The van der Waals surface area contributed by atoms with E-state index in [0.717, 1.165) is 29.9 Å². The first-order valence-corrected chi connectivity index (χ1v) is 12.4. The van der Waals surface area contributed by atoms with Gasteiger partial charge in [0.25, 0.3) is 0 Å². The summed E-state index contributed by atoms with van der Waals surface area (Å²) in [6.45, 7) is 3.11. The van der Waals surface area contributed by atoms with Crippen LogP contribution in [0.25, 0.3) is 0 Å². The third-order valence-corrected chi connectivity index (χ3v) is 5.93. The van der Waals surface area contributed by atoms with Gasteiger partial charge in [-0.15, -0.1) is 0 Å². The van der Waals surface area contributed by atoms with Crippen molar-refractivity contribution in [1.82, 2.24) is 5.32 Å². The molecule has 2 rings (SSSR count). The van der Waals surface area contributed by atoms with Gasteiger partial charge in [-0.25, -0.2) is 0 Å². The quantitative estimate of drug-likeness (QED) is 0.255. The number of carbonyl (C=O) groups excluding carboxylic acids is 1. The van der Waals surface area contributed by atoms with Gasteiger partial charge >= 0.3 is 0 Å². The Morgan fingerprint density at radius 2 is 1.30 bits per heavy atom. The van der Waals surface area contributed by atoms with Crippen molar-refractivity contribution in [2.45, 2.75) is 116 Å². The van der Waals surface area contributed by atoms with Gasteiger partial charge in [-0.3, -0.25) is 4.79 Å². The number of nitrogens with one attached hydrogen (secondary N) is 1. The number of fused-ring (bicyclic) bond motifs is 1. The number of amides is 1. The van der Waals surface area contributed by atoms with Gasteiger partial charge in [0.05, 0.1) is 0 Å². The molecular formula is C26H43NO3. The maximum Gasteiger partial charge on any atom is 0.231 e. The van der Waals surface area contributed by atoms with Gasteiger partial charge in [0, 0.05) is 13.0 Å². The van der Waals surface area contributed by atoms with E-state index in [0.29, 0.717) is 13.0 Å². The Balaban J connectivity index is 1.33. The fourth-order valence-electron chi connectivity index (χ4n) is 4.00. The first kappa shape index (κ1) is 24.6. The van der Waals surface area contributed by atoms with E-state index < -0.39 is 0 Å². The van der Waals surface area contributed by atoms with E-state index in [9.17, 15) is 4.79 Å². The summed E-state index contributed by atoms with van der Waals surface area (Å²) in [4.78, 5) is 12.0. The van der Waals surface area contributed by atoms with Crippen LogP contribution in [-0.2, 0) is 11.3 Å². The first-order chi connectivity index (χ1) is 14.8. The molecule has 4 nitrogen and oxygen atoms in total. The summed E-state index contributed by atoms with van der Waals surface area (Å²) < 4.78 is 10.7. The van der Waals surface area contributed by atoms with Gasteiger partial charge in [-0.05, 0) is 24.1 Å². The standard InChI is InChI=1S/C26H43NO3/c1-2-3-4-5-6-7-8-9-10-11-12-13-14-15-16-17-26(28)27-21-23-18-19-24-25(20-23)30-22-29-24/h18-20H,2-17,21-22H2,1H3,(H,27,28).